The normalized spacial score (nSPS) is 21.6. The molecule has 2 saturated heterocycles. The second kappa shape index (κ2) is 8.41. The number of amides is 5. The highest BCUT2D eigenvalue weighted by molar-refractivity contribution is 6.09. The van der Waals surface area contributed by atoms with E-state index in [9.17, 15) is 19.2 Å². The number of aromatic nitrogens is 1. The van der Waals surface area contributed by atoms with Crippen molar-refractivity contribution in [1.82, 2.24) is 20.1 Å². The van der Waals surface area contributed by atoms with Crippen LogP contribution in [0.15, 0.2) is 24.4 Å². The number of carbonyl (C=O) groups excluding carboxylic acids is 4. The summed E-state index contributed by atoms with van der Waals surface area (Å²) >= 11 is 0. The highest BCUT2D eigenvalue weighted by atomic mass is 16.2. The van der Waals surface area contributed by atoms with Gasteiger partial charge in [0.15, 0.2) is 0 Å². The Bertz CT molecular complexity index is 829. The molecule has 1 saturated carbocycles. The molecule has 0 bridgehead atoms. The van der Waals surface area contributed by atoms with Gasteiger partial charge in [-0.2, -0.15) is 0 Å². The minimum atomic E-state index is -0.813. The fraction of sp³-hybridized carbons (Fsp3) is 0.571. The quantitative estimate of drug-likeness (QED) is 0.727. The zero-order chi connectivity index (χ0) is 21.1. The number of anilines is 1. The number of urea groups is 1. The average Bonchev–Trinajstić information content (AvgIpc) is 2.98. The van der Waals surface area contributed by atoms with E-state index in [-0.39, 0.29) is 30.2 Å². The van der Waals surface area contributed by atoms with Crippen molar-refractivity contribution >= 4 is 29.6 Å². The maximum absolute atomic E-state index is 12.8. The molecular formula is C21H27N5O4. The molecule has 5 amide bonds. The number of carbonyl (C=O) groups is 4. The van der Waals surface area contributed by atoms with Crippen LogP contribution in [0.3, 0.4) is 0 Å². The molecule has 0 unspecified atom stereocenters. The Hall–Kier alpha value is -2.97. The molecule has 2 N–H and O–H groups in total. The first-order valence-electron chi connectivity index (χ1n) is 10.6. The molecule has 0 radical (unpaired) electrons. The Labute approximate surface area is 175 Å². The Morgan fingerprint density at radius 1 is 1.13 bits per heavy atom. The summed E-state index contributed by atoms with van der Waals surface area (Å²) in [5.74, 6) is -0.316. The molecule has 1 aromatic rings. The molecule has 0 aromatic carbocycles. The first-order valence-corrected chi connectivity index (χ1v) is 10.6. The van der Waals surface area contributed by atoms with Crippen LogP contribution in [0.2, 0.25) is 0 Å². The summed E-state index contributed by atoms with van der Waals surface area (Å²) in [5, 5.41) is 5.63. The second-order valence-electron chi connectivity index (χ2n) is 8.32. The zero-order valence-electron chi connectivity index (χ0n) is 16.9. The van der Waals surface area contributed by atoms with Crippen LogP contribution < -0.4 is 10.6 Å². The van der Waals surface area contributed by atoms with Gasteiger partial charge in [0.05, 0.1) is 0 Å². The number of piperidine rings is 1. The molecule has 2 aliphatic heterocycles. The molecule has 9 nitrogen and oxygen atoms in total. The van der Waals surface area contributed by atoms with Gasteiger partial charge in [-0.3, -0.25) is 19.3 Å². The van der Waals surface area contributed by atoms with Crippen molar-refractivity contribution in [2.45, 2.75) is 50.5 Å². The SMILES string of the molecule is O=C(Nc1ccccn1)C1CCN(C(=O)CN2C(=O)NC3(CCCCC3)C2=O)CC1. The smallest absolute Gasteiger partial charge is 0.325 e. The standard InChI is InChI=1S/C21H27N5O4/c27-17(14-26-19(29)21(24-20(26)30)9-3-1-4-10-21)25-12-7-15(8-13-25)18(28)23-16-6-2-5-11-22-16/h2,5-6,11,15H,1,3-4,7-10,12-14H2,(H,24,30)(H,22,23,28). The third kappa shape index (κ3) is 4.01. The molecule has 1 spiro atoms. The van der Waals surface area contributed by atoms with Crippen LogP contribution >= 0.6 is 0 Å². The third-order valence-electron chi connectivity index (χ3n) is 6.38. The molecule has 1 aromatic heterocycles. The van der Waals surface area contributed by atoms with Gasteiger partial charge in [-0.1, -0.05) is 25.3 Å². The van der Waals surface area contributed by atoms with Crippen molar-refractivity contribution in [3.05, 3.63) is 24.4 Å². The fourth-order valence-corrected chi connectivity index (χ4v) is 4.61. The van der Waals surface area contributed by atoms with Gasteiger partial charge in [0.2, 0.25) is 11.8 Å². The van der Waals surface area contributed by atoms with E-state index in [0.717, 1.165) is 24.2 Å². The maximum Gasteiger partial charge on any atom is 0.325 e. The first kappa shape index (κ1) is 20.3. The third-order valence-corrected chi connectivity index (χ3v) is 6.38. The van der Waals surface area contributed by atoms with Crippen LogP contribution in [-0.2, 0) is 14.4 Å². The number of nitrogens with zero attached hydrogens (tertiary/aromatic N) is 3. The van der Waals surface area contributed by atoms with Gasteiger partial charge < -0.3 is 15.5 Å². The van der Waals surface area contributed by atoms with Crippen LogP contribution in [0.25, 0.3) is 0 Å². The molecular weight excluding hydrogens is 386 g/mol. The van der Waals surface area contributed by atoms with E-state index in [1.807, 2.05) is 0 Å². The zero-order valence-corrected chi connectivity index (χ0v) is 16.9. The number of nitrogens with one attached hydrogen (secondary N) is 2. The Kier molecular flexibility index (Phi) is 5.69. The van der Waals surface area contributed by atoms with Gasteiger partial charge in [0, 0.05) is 25.2 Å². The number of likely N-dealkylation sites (tertiary alicyclic amines) is 1. The van der Waals surface area contributed by atoms with Crippen molar-refractivity contribution in [3.8, 4) is 0 Å². The lowest BCUT2D eigenvalue weighted by Crippen LogP contribution is -2.50. The Morgan fingerprint density at radius 3 is 2.53 bits per heavy atom. The lowest BCUT2D eigenvalue weighted by atomic mass is 9.82. The van der Waals surface area contributed by atoms with Gasteiger partial charge in [-0.05, 0) is 37.8 Å². The van der Waals surface area contributed by atoms with E-state index in [1.54, 1.807) is 29.3 Å². The first-order chi connectivity index (χ1) is 14.5. The highest BCUT2D eigenvalue weighted by Gasteiger charge is 2.51. The summed E-state index contributed by atoms with van der Waals surface area (Å²) in [4.78, 5) is 57.1. The van der Waals surface area contributed by atoms with Crippen molar-refractivity contribution in [2.24, 2.45) is 5.92 Å². The monoisotopic (exact) mass is 413 g/mol. The van der Waals surface area contributed by atoms with Gasteiger partial charge in [-0.15, -0.1) is 0 Å². The largest absolute Gasteiger partial charge is 0.341 e. The number of hydrogen-bond acceptors (Lipinski definition) is 5. The van der Waals surface area contributed by atoms with E-state index >= 15 is 0 Å². The molecule has 0 atom stereocenters. The summed E-state index contributed by atoms with van der Waals surface area (Å²) in [6, 6.07) is 4.84. The van der Waals surface area contributed by atoms with Crippen LogP contribution in [0.4, 0.5) is 10.6 Å². The molecule has 160 valence electrons. The number of rotatable bonds is 4. The molecule has 30 heavy (non-hydrogen) atoms. The number of imide groups is 1. The molecule has 9 heteroatoms. The van der Waals surface area contributed by atoms with Crippen LogP contribution in [0.5, 0.6) is 0 Å². The van der Waals surface area contributed by atoms with Crippen LogP contribution in [-0.4, -0.2) is 63.7 Å². The summed E-state index contributed by atoms with van der Waals surface area (Å²) in [6.07, 6.45) is 6.83. The van der Waals surface area contributed by atoms with Crippen LogP contribution in [0, 0.1) is 5.92 Å². The lowest BCUT2D eigenvalue weighted by molar-refractivity contribution is -0.140. The van der Waals surface area contributed by atoms with E-state index in [4.69, 9.17) is 0 Å². The molecule has 1 aliphatic carbocycles. The van der Waals surface area contributed by atoms with Gasteiger partial charge in [0.25, 0.3) is 5.91 Å². The van der Waals surface area contributed by atoms with E-state index in [0.29, 0.717) is 44.6 Å². The summed E-state index contributed by atoms with van der Waals surface area (Å²) in [7, 11) is 0. The van der Waals surface area contributed by atoms with Crippen molar-refractivity contribution in [1.29, 1.82) is 0 Å². The summed E-state index contributed by atoms with van der Waals surface area (Å²) in [5.41, 5.74) is -0.813. The predicted octanol–water partition coefficient (Wildman–Crippen LogP) is 1.51. The topological polar surface area (TPSA) is 112 Å². The predicted molar refractivity (Wildman–Crippen MR) is 108 cm³/mol. The number of pyridine rings is 1. The Balaban J connectivity index is 1.29. The molecule has 3 heterocycles. The molecule has 3 aliphatic rings. The van der Waals surface area contributed by atoms with Gasteiger partial charge in [0.1, 0.15) is 17.9 Å². The van der Waals surface area contributed by atoms with Crippen molar-refractivity contribution < 1.29 is 19.2 Å². The van der Waals surface area contributed by atoms with Gasteiger partial charge >= 0.3 is 6.03 Å². The molecule has 3 fully saturated rings. The highest BCUT2D eigenvalue weighted by Crippen LogP contribution is 2.33. The van der Waals surface area contributed by atoms with Crippen molar-refractivity contribution in [2.75, 3.05) is 25.0 Å². The Morgan fingerprint density at radius 2 is 1.87 bits per heavy atom. The maximum atomic E-state index is 12.8. The van der Waals surface area contributed by atoms with E-state index in [2.05, 4.69) is 15.6 Å². The molecule has 4 rings (SSSR count). The van der Waals surface area contributed by atoms with E-state index in [1.165, 1.54) is 0 Å². The average molecular weight is 413 g/mol. The number of hydrogen-bond donors (Lipinski definition) is 2. The van der Waals surface area contributed by atoms with E-state index < -0.39 is 11.6 Å². The lowest BCUT2D eigenvalue weighted by Gasteiger charge is -2.32. The van der Waals surface area contributed by atoms with Gasteiger partial charge in [-0.25, -0.2) is 9.78 Å². The minimum Gasteiger partial charge on any atom is -0.341 e. The van der Waals surface area contributed by atoms with Crippen LogP contribution in [0.1, 0.15) is 44.9 Å². The second-order valence-corrected chi connectivity index (χ2v) is 8.32. The fourth-order valence-electron chi connectivity index (χ4n) is 4.61. The summed E-state index contributed by atoms with van der Waals surface area (Å²) < 4.78 is 0. The summed E-state index contributed by atoms with van der Waals surface area (Å²) in [6.45, 7) is 0.610. The van der Waals surface area contributed by atoms with Crippen molar-refractivity contribution in [3.63, 3.8) is 0 Å². The minimum absolute atomic E-state index is 0.103.